The summed E-state index contributed by atoms with van der Waals surface area (Å²) < 4.78 is 5.63. The van der Waals surface area contributed by atoms with E-state index in [9.17, 15) is 0 Å². The van der Waals surface area contributed by atoms with Gasteiger partial charge in [-0.2, -0.15) is 0 Å². The van der Waals surface area contributed by atoms with Crippen molar-refractivity contribution in [1.82, 2.24) is 15.3 Å². The van der Waals surface area contributed by atoms with Crippen molar-refractivity contribution >= 4 is 11.8 Å². The van der Waals surface area contributed by atoms with Crippen LogP contribution in [0.5, 0.6) is 0 Å². The first-order valence-corrected chi connectivity index (χ1v) is 6.40. The van der Waals surface area contributed by atoms with Crippen LogP contribution in [0.4, 0.5) is 0 Å². The molecule has 2 aromatic rings. The zero-order chi connectivity index (χ0) is 12.1. The molecule has 0 unspecified atom stereocenters. The van der Waals surface area contributed by atoms with Crippen LogP contribution in [0.3, 0.4) is 0 Å². The van der Waals surface area contributed by atoms with Crippen molar-refractivity contribution in [3.63, 3.8) is 0 Å². The van der Waals surface area contributed by atoms with Crippen molar-refractivity contribution in [3.05, 3.63) is 41.6 Å². The van der Waals surface area contributed by atoms with Crippen molar-refractivity contribution in [1.29, 1.82) is 0 Å². The van der Waals surface area contributed by atoms with E-state index in [1.54, 1.807) is 11.8 Å². The van der Waals surface area contributed by atoms with Crippen molar-refractivity contribution in [2.45, 2.75) is 24.4 Å². The smallest absolute Gasteiger partial charge is 0.187 e. The van der Waals surface area contributed by atoms with Crippen molar-refractivity contribution in [2.24, 2.45) is 0 Å². The standard InChI is InChI=1S/C12H15N3OS/c1-9-5-14-12(15-6-9)17-8-11-4-3-10(16-11)7-13-2/h3-6,13H,7-8H2,1-2H3. The molecule has 90 valence electrons. The van der Waals surface area contributed by atoms with Gasteiger partial charge in [0.2, 0.25) is 0 Å². The fraction of sp³-hybridized carbons (Fsp3) is 0.333. The highest BCUT2D eigenvalue weighted by Gasteiger charge is 2.03. The second-order valence-corrected chi connectivity index (χ2v) is 4.67. The second-order valence-electron chi connectivity index (χ2n) is 3.73. The summed E-state index contributed by atoms with van der Waals surface area (Å²) in [5.74, 6) is 2.66. The van der Waals surface area contributed by atoms with Crippen LogP contribution in [0.15, 0.2) is 34.1 Å². The SMILES string of the molecule is CNCc1ccc(CSc2ncc(C)cn2)o1. The summed E-state index contributed by atoms with van der Waals surface area (Å²) in [5.41, 5.74) is 1.07. The Kier molecular flexibility index (Phi) is 4.17. The molecule has 0 aliphatic rings. The van der Waals surface area contributed by atoms with Gasteiger partial charge in [-0.25, -0.2) is 9.97 Å². The van der Waals surface area contributed by atoms with Crippen molar-refractivity contribution < 1.29 is 4.42 Å². The number of nitrogens with zero attached hydrogens (tertiary/aromatic N) is 2. The Morgan fingerprint density at radius 1 is 1.24 bits per heavy atom. The number of nitrogens with one attached hydrogen (secondary N) is 1. The molecule has 0 aliphatic heterocycles. The predicted molar refractivity (Wildman–Crippen MR) is 67.8 cm³/mol. The molecule has 1 N–H and O–H groups in total. The Bertz CT molecular complexity index is 467. The van der Waals surface area contributed by atoms with E-state index in [0.717, 1.165) is 34.5 Å². The Balaban J connectivity index is 1.90. The summed E-state index contributed by atoms with van der Waals surface area (Å²) in [4.78, 5) is 8.47. The summed E-state index contributed by atoms with van der Waals surface area (Å²) in [5, 5.41) is 3.83. The maximum Gasteiger partial charge on any atom is 0.187 e. The zero-order valence-electron chi connectivity index (χ0n) is 9.93. The minimum absolute atomic E-state index is 0.756. The quantitative estimate of drug-likeness (QED) is 0.651. The molecule has 0 saturated heterocycles. The lowest BCUT2D eigenvalue weighted by atomic mass is 10.4. The van der Waals surface area contributed by atoms with Gasteiger partial charge in [-0.15, -0.1) is 0 Å². The fourth-order valence-corrected chi connectivity index (χ4v) is 2.04. The van der Waals surface area contributed by atoms with Gasteiger partial charge in [0.1, 0.15) is 11.5 Å². The van der Waals surface area contributed by atoms with E-state index >= 15 is 0 Å². The van der Waals surface area contributed by atoms with Gasteiger partial charge >= 0.3 is 0 Å². The van der Waals surface area contributed by atoms with E-state index in [-0.39, 0.29) is 0 Å². The van der Waals surface area contributed by atoms with E-state index in [1.165, 1.54) is 0 Å². The number of thioether (sulfide) groups is 1. The summed E-state index contributed by atoms with van der Waals surface area (Å²) in [6.45, 7) is 2.73. The highest BCUT2D eigenvalue weighted by atomic mass is 32.2. The highest BCUT2D eigenvalue weighted by Crippen LogP contribution is 2.20. The van der Waals surface area contributed by atoms with E-state index in [0.29, 0.717) is 0 Å². The van der Waals surface area contributed by atoms with E-state index in [1.807, 2.05) is 38.5 Å². The molecule has 0 radical (unpaired) electrons. The van der Waals surface area contributed by atoms with Crippen molar-refractivity contribution in [2.75, 3.05) is 7.05 Å². The number of hydrogen-bond donors (Lipinski definition) is 1. The molecule has 4 nitrogen and oxygen atoms in total. The molecule has 2 heterocycles. The second kappa shape index (κ2) is 5.84. The molecular formula is C12H15N3OS. The Morgan fingerprint density at radius 2 is 1.94 bits per heavy atom. The fourth-order valence-electron chi connectivity index (χ4n) is 1.36. The third-order valence-electron chi connectivity index (χ3n) is 2.17. The van der Waals surface area contributed by atoms with Gasteiger partial charge < -0.3 is 9.73 Å². The normalized spacial score (nSPS) is 10.7. The van der Waals surface area contributed by atoms with Gasteiger partial charge in [-0.3, -0.25) is 0 Å². The lowest BCUT2D eigenvalue weighted by Crippen LogP contribution is -2.03. The maximum atomic E-state index is 5.63. The molecule has 0 bridgehead atoms. The average molecular weight is 249 g/mol. The molecule has 0 spiro atoms. The molecule has 17 heavy (non-hydrogen) atoms. The number of hydrogen-bond acceptors (Lipinski definition) is 5. The van der Waals surface area contributed by atoms with E-state index in [2.05, 4.69) is 15.3 Å². The third kappa shape index (κ3) is 3.57. The summed E-state index contributed by atoms with van der Waals surface area (Å²) in [6, 6.07) is 3.98. The largest absolute Gasteiger partial charge is 0.464 e. The van der Waals surface area contributed by atoms with Gasteiger partial charge in [0.05, 0.1) is 12.3 Å². The molecule has 2 rings (SSSR count). The lowest BCUT2D eigenvalue weighted by molar-refractivity contribution is 0.469. The highest BCUT2D eigenvalue weighted by molar-refractivity contribution is 7.98. The van der Waals surface area contributed by atoms with Crippen LogP contribution in [0.2, 0.25) is 0 Å². The molecule has 0 aliphatic carbocycles. The van der Waals surface area contributed by atoms with Crippen LogP contribution >= 0.6 is 11.8 Å². The molecule has 0 aromatic carbocycles. The van der Waals surface area contributed by atoms with Gasteiger partial charge in [0.15, 0.2) is 5.16 Å². The maximum absolute atomic E-state index is 5.63. The third-order valence-corrected chi connectivity index (χ3v) is 3.07. The average Bonchev–Trinajstić information content (AvgIpc) is 2.77. The number of aromatic nitrogens is 2. The Labute approximate surface area is 105 Å². The monoisotopic (exact) mass is 249 g/mol. The molecule has 2 aromatic heterocycles. The van der Waals surface area contributed by atoms with Gasteiger partial charge in [0.25, 0.3) is 0 Å². The van der Waals surface area contributed by atoms with Crippen LogP contribution in [-0.4, -0.2) is 17.0 Å². The number of aryl methyl sites for hydroxylation is 1. The Hall–Kier alpha value is -1.33. The molecule has 0 atom stereocenters. The van der Waals surface area contributed by atoms with Gasteiger partial charge in [-0.1, -0.05) is 11.8 Å². The van der Waals surface area contributed by atoms with Crippen LogP contribution < -0.4 is 5.32 Å². The minimum atomic E-state index is 0.756. The first-order valence-electron chi connectivity index (χ1n) is 5.41. The zero-order valence-corrected chi connectivity index (χ0v) is 10.8. The van der Waals surface area contributed by atoms with Gasteiger partial charge in [-0.05, 0) is 31.7 Å². The first-order chi connectivity index (χ1) is 8.28. The lowest BCUT2D eigenvalue weighted by Gasteiger charge is -1.98. The Morgan fingerprint density at radius 3 is 2.65 bits per heavy atom. The van der Waals surface area contributed by atoms with Crippen LogP contribution in [-0.2, 0) is 12.3 Å². The molecule has 0 saturated carbocycles. The number of furan rings is 1. The molecule has 0 fully saturated rings. The van der Waals surface area contributed by atoms with E-state index < -0.39 is 0 Å². The van der Waals surface area contributed by atoms with Crippen molar-refractivity contribution in [3.8, 4) is 0 Å². The molecular weight excluding hydrogens is 234 g/mol. The first kappa shape index (κ1) is 12.1. The van der Waals surface area contributed by atoms with Crippen LogP contribution in [0.1, 0.15) is 17.1 Å². The van der Waals surface area contributed by atoms with E-state index in [4.69, 9.17) is 4.42 Å². The predicted octanol–water partition coefficient (Wildman–Crippen LogP) is 2.39. The van der Waals surface area contributed by atoms with Crippen LogP contribution in [0, 0.1) is 6.92 Å². The number of rotatable bonds is 5. The topological polar surface area (TPSA) is 51.0 Å². The molecule has 5 heteroatoms. The molecule has 0 amide bonds. The van der Waals surface area contributed by atoms with Gasteiger partial charge in [0, 0.05) is 12.4 Å². The summed E-state index contributed by atoms with van der Waals surface area (Å²) >= 11 is 1.58. The summed E-state index contributed by atoms with van der Waals surface area (Å²) in [7, 11) is 1.90. The summed E-state index contributed by atoms with van der Waals surface area (Å²) in [6.07, 6.45) is 3.65. The minimum Gasteiger partial charge on any atom is -0.464 e. The van der Waals surface area contributed by atoms with Crippen LogP contribution in [0.25, 0.3) is 0 Å².